The summed E-state index contributed by atoms with van der Waals surface area (Å²) >= 11 is 0. The maximum atomic E-state index is 11.0. The first-order valence-corrected chi connectivity index (χ1v) is 11.2. The normalized spacial score (nSPS) is 10.3. The summed E-state index contributed by atoms with van der Waals surface area (Å²) < 4.78 is 18.3. The molecular weight excluding hydrogens is 456 g/mol. The van der Waals surface area contributed by atoms with E-state index in [0.29, 0.717) is 23.0 Å². The van der Waals surface area contributed by atoms with E-state index >= 15 is 0 Å². The number of aromatic hydroxyl groups is 1. The zero-order valence-corrected chi connectivity index (χ0v) is 19.1. The van der Waals surface area contributed by atoms with E-state index in [1.807, 2.05) is 72.8 Å². The highest BCUT2D eigenvalue weighted by molar-refractivity contribution is 5.67. The fraction of sp³-hybridized carbons (Fsp3) is 0. The van der Waals surface area contributed by atoms with E-state index in [9.17, 15) is 5.11 Å². The molecule has 0 aliphatic carbocycles. The van der Waals surface area contributed by atoms with Gasteiger partial charge in [0.15, 0.2) is 17.2 Å². The van der Waals surface area contributed by atoms with Gasteiger partial charge in [0, 0.05) is 6.07 Å². The van der Waals surface area contributed by atoms with Gasteiger partial charge in [0.05, 0.1) is 0 Å². The molecule has 0 saturated heterocycles. The van der Waals surface area contributed by atoms with Gasteiger partial charge in [0.25, 0.3) is 5.75 Å². The van der Waals surface area contributed by atoms with Crippen LogP contribution in [0.15, 0.2) is 127 Å². The number of ether oxygens (including phenoxy) is 3. The Hall–Kier alpha value is -5.10. The van der Waals surface area contributed by atoms with E-state index in [2.05, 4.69) is 0 Å². The van der Waals surface area contributed by atoms with E-state index in [4.69, 9.17) is 24.0 Å². The summed E-state index contributed by atoms with van der Waals surface area (Å²) in [7, 11) is 0. The third-order valence-electron chi connectivity index (χ3n) is 5.00. The number of para-hydroxylation sites is 4. The zero-order valence-electron chi connectivity index (χ0n) is 19.1. The number of rotatable bonds is 9. The summed E-state index contributed by atoms with van der Waals surface area (Å²) in [5, 5.41) is 11.0. The van der Waals surface area contributed by atoms with Gasteiger partial charge in [-0.05, 0) is 48.5 Å². The van der Waals surface area contributed by atoms with Crippen LogP contribution in [0.4, 0.5) is 0 Å². The van der Waals surface area contributed by atoms with Gasteiger partial charge in [-0.1, -0.05) is 72.8 Å². The Morgan fingerprint density at radius 2 is 0.806 bits per heavy atom. The SMILES string of the molecule is Oc1cc(Oc2ccccc2)c(OOc2ccccc2)c(Oc2ccccc2)c1Oc1ccccc1. The zero-order chi connectivity index (χ0) is 24.6. The summed E-state index contributed by atoms with van der Waals surface area (Å²) in [6.07, 6.45) is 0. The van der Waals surface area contributed by atoms with E-state index < -0.39 is 0 Å². The maximum Gasteiger partial charge on any atom is 0.267 e. The van der Waals surface area contributed by atoms with Crippen LogP contribution >= 0.6 is 0 Å². The molecule has 0 radical (unpaired) electrons. The molecule has 6 heteroatoms. The van der Waals surface area contributed by atoms with Crippen molar-refractivity contribution in [1.82, 2.24) is 0 Å². The standard InChI is InChI=1S/C30H22O6/c31-26-21-27(32-22-13-5-1-6-14-22)29(36-35-25-19-11-4-12-20-25)30(34-24-17-9-3-10-18-24)28(26)33-23-15-7-2-8-16-23/h1-21,31H. The molecular formula is C30H22O6. The van der Waals surface area contributed by atoms with Crippen molar-refractivity contribution in [2.75, 3.05) is 0 Å². The van der Waals surface area contributed by atoms with E-state index in [0.717, 1.165) is 0 Å². The Morgan fingerprint density at radius 1 is 0.389 bits per heavy atom. The van der Waals surface area contributed by atoms with Crippen molar-refractivity contribution in [3.05, 3.63) is 127 Å². The van der Waals surface area contributed by atoms with Gasteiger partial charge in [-0.2, -0.15) is 0 Å². The van der Waals surface area contributed by atoms with Gasteiger partial charge in [-0.15, -0.1) is 0 Å². The lowest BCUT2D eigenvalue weighted by atomic mass is 10.2. The van der Waals surface area contributed by atoms with E-state index in [1.165, 1.54) is 6.07 Å². The van der Waals surface area contributed by atoms with Crippen molar-refractivity contribution in [2.24, 2.45) is 0 Å². The molecule has 5 rings (SSSR count). The molecule has 178 valence electrons. The van der Waals surface area contributed by atoms with E-state index in [-0.39, 0.29) is 28.7 Å². The Morgan fingerprint density at radius 3 is 1.31 bits per heavy atom. The van der Waals surface area contributed by atoms with Crippen molar-refractivity contribution in [2.45, 2.75) is 0 Å². The maximum absolute atomic E-state index is 11.0. The molecule has 0 aliphatic rings. The smallest absolute Gasteiger partial charge is 0.267 e. The molecule has 0 amide bonds. The summed E-state index contributed by atoms with van der Waals surface area (Å²) in [6.45, 7) is 0. The number of phenols is 1. The van der Waals surface area contributed by atoms with Gasteiger partial charge in [-0.25, -0.2) is 0 Å². The molecule has 6 nitrogen and oxygen atoms in total. The molecule has 0 bridgehead atoms. The Kier molecular flexibility index (Phi) is 6.86. The van der Waals surface area contributed by atoms with Crippen LogP contribution in [0, 0.1) is 0 Å². The first-order chi connectivity index (χ1) is 17.8. The largest absolute Gasteiger partial charge is 0.504 e. The molecule has 0 atom stereocenters. The lowest BCUT2D eigenvalue weighted by Crippen LogP contribution is -2.05. The minimum atomic E-state index is -0.206. The Balaban J connectivity index is 1.63. The lowest BCUT2D eigenvalue weighted by Gasteiger charge is -2.19. The van der Waals surface area contributed by atoms with Crippen LogP contribution in [-0.4, -0.2) is 5.11 Å². The predicted molar refractivity (Wildman–Crippen MR) is 135 cm³/mol. The van der Waals surface area contributed by atoms with E-state index in [1.54, 1.807) is 48.5 Å². The topological polar surface area (TPSA) is 66.4 Å². The van der Waals surface area contributed by atoms with Crippen molar-refractivity contribution in [1.29, 1.82) is 0 Å². The fourth-order valence-corrected chi connectivity index (χ4v) is 3.33. The van der Waals surface area contributed by atoms with Crippen LogP contribution in [0.1, 0.15) is 0 Å². The van der Waals surface area contributed by atoms with Crippen LogP contribution in [-0.2, 0) is 0 Å². The first-order valence-electron chi connectivity index (χ1n) is 11.2. The van der Waals surface area contributed by atoms with Crippen molar-refractivity contribution >= 4 is 0 Å². The predicted octanol–water partition coefficient (Wildman–Crippen LogP) is 8.14. The van der Waals surface area contributed by atoms with Crippen LogP contribution in [0.25, 0.3) is 0 Å². The summed E-state index contributed by atoms with van der Waals surface area (Å²) in [5.41, 5.74) is 0. The molecule has 0 heterocycles. The molecule has 0 spiro atoms. The molecule has 0 saturated carbocycles. The van der Waals surface area contributed by atoms with Gasteiger partial charge in [0.2, 0.25) is 11.5 Å². The molecule has 0 fully saturated rings. The number of hydrogen-bond acceptors (Lipinski definition) is 6. The Labute approximate surface area is 208 Å². The summed E-state index contributed by atoms with van der Waals surface area (Å²) in [4.78, 5) is 11.4. The highest BCUT2D eigenvalue weighted by Gasteiger charge is 2.27. The lowest BCUT2D eigenvalue weighted by molar-refractivity contribution is -0.103. The van der Waals surface area contributed by atoms with Crippen LogP contribution < -0.4 is 24.0 Å². The molecule has 0 aromatic heterocycles. The minimum absolute atomic E-state index is 0.0390. The molecule has 5 aromatic rings. The minimum Gasteiger partial charge on any atom is -0.504 e. The first kappa shape index (κ1) is 22.7. The molecule has 0 unspecified atom stereocenters. The molecule has 0 aliphatic heterocycles. The second-order valence-electron chi connectivity index (χ2n) is 7.61. The number of hydrogen-bond donors (Lipinski definition) is 1. The van der Waals surface area contributed by atoms with Crippen LogP contribution in [0.5, 0.6) is 51.7 Å². The molecule has 36 heavy (non-hydrogen) atoms. The van der Waals surface area contributed by atoms with Crippen molar-refractivity contribution in [3.63, 3.8) is 0 Å². The fourth-order valence-electron chi connectivity index (χ4n) is 3.33. The van der Waals surface area contributed by atoms with Crippen molar-refractivity contribution < 1.29 is 29.1 Å². The highest BCUT2D eigenvalue weighted by atomic mass is 17.2. The molecule has 1 N–H and O–H groups in total. The Bertz CT molecular complexity index is 1390. The molecule has 5 aromatic carbocycles. The third-order valence-corrected chi connectivity index (χ3v) is 5.00. The summed E-state index contributed by atoms with van der Waals surface area (Å²) in [6, 6.07) is 37.7. The third kappa shape index (κ3) is 5.51. The second-order valence-corrected chi connectivity index (χ2v) is 7.61. The van der Waals surface area contributed by atoms with Crippen molar-refractivity contribution in [3.8, 4) is 51.7 Å². The van der Waals surface area contributed by atoms with Gasteiger partial charge in [0.1, 0.15) is 17.2 Å². The van der Waals surface area contributed by atoms with Gasteiger partial charge >= 0.3 is 0 Å². The van der Waals surface area contributed by atoms with Gasteiger partial charge in [-0.3, -0.25) is 9.78 Å². The number of benzene rings is 5. The van der Waals surface area contributed by atoms with Crippen LogP contribution in [0.3, 0.4) is 0 Å². The quantitative estimate of drug-likeness (QED) is 0.170. The number of phenolic OH excluding ortho intramolecular Hbond substituents is 1. The average molecular weight is 479 g/mol. The second kappa shape index (κ2) is 10.9. The average Bonchev–Trinajstić information content (AvgIpc) is 2.93. The monoisotopic (exact) mass is 478 g/mol. The highest BCUT2D eigenvalue weighted by Crippen LogP contribution is 2.53. The van der Waals surface area contributed by atoms with Gasteiger partial charge < -0.3 is 19.3 Å². The van der Waals surface area contributed by atoms with Crippen LogP contribution in [0.2, 0.25) is 0 Å². The summed E-state index contributed by atoms with van der Waals surface area (Å²) in [5.74, 6) is 2.15.